The summed E-state index contributed by atoms with van der Waals surface area (Å²) in [6.07, 6.45) is 4.12. The van der Waals surface area contributed by atoms with Crippen molar-refractivity contribution in [2.75, 3.05) is 33.6 Å². The van der Waals surface area contributed by atoms with Crippen LogP contribution in [0.1, 0.15) is 0 Å². The first-order valence-electron chi connectivity index (χ1n) is 6.70. The third-order valence-corrected chi connectivity index (χ3v) is 3.42. The fourth-order valence-electron chi connectivity index (χ4n) is 1.71. The molecule has 2 rings (SSSR count). The summed E-state index contributed by atoms with van der Waals surface area (Å²) >= 11 is 0. The number of nitrogens with one attached hydrogen (secondary N) is 2. The molecular formula is C13H21N5O4S. The van der Waals surface area contributed by atoms with Gasteiger partial charge in [0.1, 0.15) is 6.20 Å². The van der Waals surface area contributed by atoms with E-state index in [9.17, 15) is 13.0 Å². The number of nitrogens with zero attached hydrogens (tertiary/aromatic N) is 3. The quantitative estimate of drug-likeness (QED) is 0.456. The van der Waals surface area contributed by atoms with E-state index in [-0.39, 0.29) is 6.29 Å². The molecule has 0 bridgehead atoms. The van der Waals surface area contributed by atoms with Crippen LogP contribution in [0.25, 0.3) is 0 Å². The first kappa shape index (κ1) is 19.0. The molecule has 23 heavy (non-hydrogen) atoms. The number of azo groups is 1. The van der Waals surface area contributed by atoms with Gasteiger partial charge >= 0.3 is 0 Å². The van der Waals surface area contributed by atoms with Gasteiger partial charge in [-0.25, -0.2) is 8.42 Å². The second-order valence-corrected chi connectivity index (χ2v) is 5.84. The van der Waals surface area contributed by atoms with Gasteiger partial charge in [-0.3, -0.25) is 9.08 Å². The van der Waals surface area contributed by atoms with E-state index in [0.29, 0.717) is 0 Å². The zero-order valence-corrected chi connectivity index (χ0v) is 14.2. The zero-order valence-electron chi connectivity index (χ0n) is 13.4. The van der Waals surface area contributed by atoms with E-state index in [4.69, 9.17) is 0 Å². The summed E-state index contributed by atoms with van der Waals surface area (Å²) in [5.74, 6) is 0. The normalized spacial score (nSPS) is 20.5. The molecule has 1 aliphatic heterocycles. The Morgan fingerprint density at radius 1 is 1.35 bits per heavy atom. The number of hydrogen-bond donors (Lipinski definition) is 2. The second kappa shape index (κ2) is 8.58. The molecule has 10 heteroatoms. The molecule has 9 nitrogen and oxygen atoms in total. The average molecular weight is 343 g/mol. The highest BCUT2D eigenvalue weighted by atomic mass is 32.3. The van der Waals surface area contributed by atoms with Gasteiger partial charge in [-0.05, 0) is 24.3 Å². The van der Waals surface area contributed by atoms with E-state index in [1.807, 2.05) is 49.5 Å². The molecule has 0 spiro atoms. The van der Waals surface area contributed by atoms with Gasteiger partial charge in [0.05, 0.1) is 26.0 Å². The van der Waals surface area contributed by atoms with E-state index in [1.165, 1.54) is 4.90 Å². The zero-order chi connectivity index (χ0) is 17.5. The lowest BCUT2D eigenvalue weighted by molar-refractivity contribution is -0.856. The van der Waals surface area contributed by atoms with Gasteiger partial charge in [0, 0.05) is 19.8 Å². The molecule has 0 aromatic heterocycles. The highest BCUT2D eigenvalue weighted by molar-refractivity contribution is 7.80. The molecule has 128 valence electrons. The highest BCUT2D eigenvalue weighted by Gasteiger charge is 2.24. The summed E-state index contributed by atoms with van der Waals surface area (Å²) in [5.41, 5.74) is 1.95. The minimum atomic E-state index is -4.41. The Balaban J connectivity index is 0.000000379. The predicted octanol–water partition coefficient (Wildman–Crippen LogP) is 0.120. The van der Waals surface area contributed by atoms with Gasteiger partial charge in [-0.2, -0.15) is 0 Å². The number of anilines is 1. The summed E-state index contributed by atoms with van der Waals surface area (Å²) in [4.78, 5) is 3.25. The SMILES string of the molecule is CNc1ccc(N=NC2N(C)C=C[NH+]2C)cc1.COS(=O)(=O)[O-]. The Kier molecular flexibility index (Phi) is 7.10. The molecule has 0 fully saturated rings. The largest absolute Gasteiger partial charge is 0.726 e. The molecule has 0 amide bonds. The fourth-order valence-corrected chi connectivity index (χ4v) is 1.71. The highest BCUT2D eigenvalue weighted by Crippen LogP contribution is 2.16. The topological polar surface area (TPSA) is 111 Å². The van der Waals surface area contributed by atoms with Crippen molar-refractivity contribution < 1.29 is 22.1 Å². The van der Waals surface area contributed by atoms with Crippen LogP contribution in [0.3, 0.4) is 0 Å². The number of hydrogen-bond acceptors (Lipinski definition) is 8. The van der Waals surface area contributed by atoms with Crippen molar-refractivity contribution in [2.24, 2.45) is 10.2 Å². The molecule has 1 heterocycles. The van der Waals surface area contributed by atoms with Crippen LogP contribution in [0, 0.1) is 0 Å². The molecule has 0 aliphatic carbocycles. The molecule has 0 saturated carbocycles. The molecular weight excluding hydrogens is 322 g/mol. The predicted molar refractivity (Wildman–Crippen MR) is 84.8 cm³/mol. The van der Waals surface area contributed by atoms with Crippen molar-refractivity contribution >= 4 is 21.8 Å². The van der Waals surface area contributed by atoms with E-state index >= 15 is 0 Å². The van der Waals surface area contributed by atoms with Crippen LogP contribution in [0.2, 0.25) is 0 Å². The van der Waals surface area contributed by atoms with Gasteiger partial charge in [-0.1, -0.05) is 0 Å². The second-order valence-electron chi connectivity index (χ2n) is 4.69. The van der Waals surface area contributed by atoms with Crippen molar-refractivity contribution in [1.82, 2.24) is 4.90 Å². The maximum absolute atomic E-state index is 9.22. The summed E-state index contributed by atoms with van der Waals surface area (Å²) in [6, 6.07) is 7.88. The standard InChI is InChI=1S/C12H17N5.CH4O4S/c1-13-10-4-6-11(7-5-10)14-15-12-16(2)8-9-17(12)3;1-5-6(2,3)4/h4-9,12-13H,1-3H3;1H3,(H,2,3,4). The Morgan fingerprint density at radius 3 is 2.30 bits per heavy atom. The van der Waals surface area contributed by atoms with Crippen LogP contribution in [0.5, 0.6) is 0 Å². The molecule has 1 aliphatic rings. The first-order chi connectivity index (χ1) is 10.8. The van der Waals surface area contributed by atoms with Gasteiger partial charge in [0.25, 0.3) is 6.29 Å². The number of benzene rings is 1. The third kappa shape index (κ3) is 6.74. The summed E-state index contributed by atoms with van der Waals surface area (Å²) < 4.78 is 31.0. The van der Waals surface area contributed by atoms with Gasteiger partial charge in [-0.15, -0.1) is 10.2 Å². The molecule has 2 unspecified atom stereocenters. The summed E-state index contributed by atoms with van der Waals surface area (Å²) in [5, 5.41) is 11.7. The molecule has 0 saturated heterocycles. The van der Waals surface area contributed by atoms with Gasteiger partial charge in [0.15, 0.2) is 0 Å². The Hall–Kier alpha value is -2.01. The van der Waals surface area contributed by atoms with E-state index < -0.39 is 10.4 Å². The number of rotatable bonds is 4. The Morgan fingerprint density at radius 2 is 1.91 bits per heavy atom. The van der Waals surface area contributed by atoms with Crippen LogP contribution >= 0.6 is 0 Å². The van der Waals surface area contributed by atoms with Crippen LogP contribution < -0.4 is 10.2 Å². The van der Waals surface area contributed by atoms with E-state index in [0.717, 1.165) is 18.5 Å². The lowest BCUT2D eigenvalue weighted by Gasteiger charge is -2.16. The maximum Gasteiger partial charge on any atom is 0.284 e. The van der Waals surface area contributed by atoms with Crippen molar-refractivity contribution in [1.29, 1.82) is 0 Å². The fraction of sp³-hybridized carbons (Fsp3) is 0.385. The van der Waals surface area contributed by atoms with Crippen LogP contribution in [-0.4, -0.2) is 52.4 Å². The lowest BCUT2D eigenvalue weighted by Crippen LogP contribution is -3.08. The van der Waals surface area contributed by atoms with Crippen LogP contribution in [-0.2, 0) is 14.6 Å². The molecule has 2 N–H and O–H groups in total. The minimum absolute atomic E-state index is 0.0407. The Labute approximate surface area is 136 Å². The van der Waals surface area contributed by atoms with E-state index in [1.54, 1.807) is 0 Å². The van der Waals surface area contributed by atoms with Gasteiger partial charge in [0.2, 0.25) is 10.4 Å². The Bertz CT molecular complexity index is 633. The van der Waals surface area contributed by atoms with Crippen molar-refractivity contribution in [3.63, 3.8) is 0 Å². The van der Waals surface area contributed by atoms with Crippen LogP contribution in [0.4, 0.5) is 11.4 Å². The number of quaternary nitrogens is 1. The minimum Gasteiger partial charge on any atom is -0.726 e. The van der Waals surface area contributed by atoms with Crippen molar-refractivity contribution in [3.05, 3.63) is 36.7 Å². The molecule has 1 aromatic rings. The average Bonchev–Trinajstić information content (AvgIpc) is 2.84. The van der Waals surface area contributed by atoms with Crippen LogP contribution in [0.15, 0.2) is 46.9 Å². The lowest BCUT2D eigenvalue weighted by atomic mass is 10.3. The first-order valence-corrected chi connectivity index (χ1v) is 8.04. The van der Waals surface area contributed by atoms with E-state index in [2.05, 4.69) is 33.0 Å². The molecule has 2 atom stereocenters. The summed E-state index contributed by atoms with van der Waals surface area (Å²) in [6.45, 7) is 0. The van der Waals surface area contributed by atoms with Crippen molar-refractivity contribution in [2.45, 2.75) is 6.29 Å². The summed E-state index contributed by atoms with van der Waals surface area (Å²) in [7, 11) is 2.36. The molecule has 0 radical (unpaired) electrons. The van der Waals surface area contributed by atoms with Gasteiger partial charge < -0.3 is 14.8 Å². The molecule has 1 aromatic carbocycles. The maximum atomic E-state index is 9.22. The monoisotopic (exact) mass is 343 g/mol. The third-order valence-electron chi connectivity index (χ3n) is 3.01. The smallest absolute Gasteiger partial charge is 0.284 e. The van der Waals surface area contributed by atoms with Crippen molar-refractivity contribution in [3.8, 4) is 0 Å².